The molecule has 5 rings (SSSR count). The summed E-state index contributed by atoms with van der Waals surface area (Å²) in [7, 11) is 0. The summed E-state index contributed by atoms with van der Waals surface area (Å²) in [6.07, 6.45) is 3.08. The lowest BCUT2D eigenvalue weighted by atomic mass is 9.73. The quantitative estimate of drug-likeness (QED) is 0.584. The molecule has 1 aromatic carbocycles. The number of benzene rings is 1. The van der Waals surface area contributed by atoms with Crippen molar-refractivity contribution >= 4 is 34.8 Å². The fraction of sp³-hybridized carbons (Fsp3) is 0.429. The molecule has 2 aliphatic heterocycles. The predicted octanol–water partition coefficient (Wildman–Crippen LogP) is 3.42. The van der Waals surface area contributed by atoms with Crippen molar-refractivity contribution in [3.05, 3.63) is 34.6 Å². The van der Waals surface area contributed by atoms with Crippen molar-refractivity contribution < 1.29 is 9.15 Å². The Morgan fingerprint density at radius 2 is 1.94 bits per heavy atom. The number of hydrogen-bond donors (Lipinski definition) is 2. The largest absolute Gasteiger partial charge is 0.422 e. The molecule has 0 bridgehead atoms. The number of nitrogens with two attached hydrogens (primary N) is 2. The van der Waals surface area contributed by atoms with E-state index in [0.29, 0.717) is 39.4 Å². The monoisotopic (exact) mass is 475 g/mol. The van der Waals surface area contributed by atoms with E-state index in [1.807, 2.05) is 6.92 Å². The third-order valence-electron chi connectivity index (χ3n) is 6.58. The highest BCUT2D eigenvalue weighted by Gasteiger charge is 2.48. The van der Waals surface area contributed by atoms with Gasteiger partial charge in [0.2, 0.25) is 6.39 Å². The Balaban J connectivity index is 1.53. The van der Waals surface area contributed by atoms with Gasteiger partial charge < -0.3 is 25.5 Å². The Hall–Kier alpha value is -2.46. The lowest BCUT2D eigenvalue weighted by Gasteiger charge is -2.41. The third-order valence-corrected chi connectivity index (χ3v) is 7.40. The Labute approximate surface area is 195 Å². The second-order valence-electron chi connectivity index (χ2n) is 8.37. The minimum Gasteiger partial charge on any atom is -0.422 e. The van der Waals surface area contributed by atoms with Gasteiger partial charge in [-0.05, 0) is 25.8 Å². The number of nitrogen functional groups attached to an aromatic ring is 1. The van der Waals surface area contributed by atoms with Gasteiger partial charge in [0.1, 0.15) is 5.69 Å². The van der Waals surface area contributed by atoms with Crippen LogP contribution in [0.15, 0.2) is 29.0 Å². The summed E-state index contributed by atoms with van der Waals surface area (Å²) in [4.78, 5) is 11.6. The van der Waals surface area contributed by atoms with Gasteiger partial charge >= 0.3 is 0 Å². The molecule has 2 aliphatic rings. The summed E-state index contributed by atoms with van der Waals surface area (Å²) in [6, 6.07) is 5.29. The molecule has 2 atom stereocenters. The lowest BCUT2D eigenvalue weighted by molar-refractivity contribution is 0.0974. The first-order valence-electron chi connectivity index (χ1n) is 10.4. The molecule has 0 amide bonds. The molecule has 9 nitrogen and oxygen atoms in total. The van der Waals surface area contributed by atoms with Crippen molar-refractivity contribution in [3.63, 3.8) is 0 Å². The van der Waals surface area contributed by atoms with E-state index in [-0.39, 0.29) is 29.3 Å². The Kier molecular flexibility index (Phi) is 5.45. The van der Waals surface area contributed by atoms with Gasteiger partial charge in [0.05, 0.1) is 22.8 Å². The first kappa shape index (κ1) is 21.4. The number of ether oxygens (including phenoxy) is 1. The van der Waals surface area contributed by atoms with Crippen LogP contribution in [0.5, 0.6) is 0 Å². The van der Waals surface area contributed by atoms with Gasteiger partial charge in [-0.2, -0.15) is 0 Å². The molecular weight excluding hydrogens is 453 g/mol. The molecule has 0 unspecified atom stereocenters. The lowest BCUT2D eigenvalue weighted by Crippen LogP contribution is -2.50. The van der Waals surface area contributed by atoms with Crippen molar-refractivity contribution in [3.8, 4) is 22.8 Å². The summed E-state index contributed by atoms with van der Waals surface area (Å²) in [5.74, 6) is 1.08. The first-order valence-corrected chi connectivity index (χ1v) is 11.2. The van der Waals surface area contributed by atoms with E-state index in [0.717, 1.165) is 25.9 Å². The summed E-state index contributed by atoms with van der Waals surface area (Å²) in [5, 5.41) is 8.61. The van der Waals surface area contributed by atoms with E-state index in [1.54, 1.807) is 18.2 Å². The SMILES string of the molecule is C[C@@H]1OCC2(CCN(c3nc(N)c(-c4cccc(Cl)c4Cl)nc3-c3nnco3)CC2)[C@@H]1N. The van der Waals surface area contributed by atoms with Gasteiger partial charge in [0.15, 0.2) is 17.3 Å². The maximum Gasteiger partial charge on any atom is 0.269 e. The highest BCUT2D eigenvalue weighted by Crippen LogP contribution is 2.43. The molecule has 0 radical (unpaired) electrons. The molecule has 2 aromatic heterocycles. The van der Waals surface area contributed by atoms with Crippen molar-refractivity contribution in [2.75, 3.05) is 30.3 Å². The average molecular weight is 476 g/mol. The molecule has 2 saturated heterocycles. The van der Waals surface area contributed by atoms with Crippen molar-refractivity contribution in [2.45, 2.75) is 31.9 Å². The van der Waals surface area contributed by atoms with E-state index in [1.165, 1.54) is 6.39 Å². The molecule has 0 aliphatic carbocycles. The minimum absolute atomic E-state index is 0.0172. The van der Waals surface area contributed by atoms with E-state index < -0.39 is 0 Å². The van der Waals surface area contributed by atoms with Gasteiger partial charge in [-0.25, -0.2) is 9.97 Å². The standard InChI is InChI=1S/C21H23Cl2N7O2/c1-11-17(24)21(9-31-11)5-7-30(8-6-21)19-16(20-29-26-10-32-20)27-15(18(25)28-19)12-3-2-4-13(22)14(12)23/h2-4,10-11,17H,5-9,24H2,1H3,(H2,25,28)/t11-,17+/m0/s1. The highest BCUT2D eigenvalue weighted by molar-refractivity contribution is 6.43. The number of piperidine rings is 1. The molecule has 1 spiro atoms. The van der Waals surface area contributed by atoms with Gasteiger partial charge in [0, 0.05) is 30.1 Å². The second kappa shape index (κ2) is 8.15. The van der Waals surface area contributed by atoms with Gasteiger partial charge in [-0.15, -0.1) is 10.2 Å². The molecule has 4 heterocycles. The van der Waals surface area contributed by atoms with Crippen LogP contribution < -0.4 is 16.4 Å². The number of hydrogen-bond acceptors (Lipinski definition) is 9. The molecule has 4 N–H and O–H groups in total. The maximum absolute atomic E-state index is 6.47. The molecule has 11 heteroatoms. The zero-order valence-electron chi connectivity index (χ0n) is 17.5. The zero-order valence-corrected chi connectivity index (χ0v) is 19.0. The fourth-order valence-corrected chi connectivity index (χ4v) is 4.99. The van der Waals surface area contributed by atoms with Crippen LogP contribution in [0.4, 0.5) is 11.6 Å². The summed E-state index contributed by atoms with van der Waals surface area (Å²) >= 11 is 12.6. The van der Waals surface area contributed by atoms with Crippen LogP contribution in [-0.2, 0) is 4.74 Å². The number of halogens is 2. The van der Waals surface area contributed by atoms with Crippen molar-refractivity contribution in [2.24, 2.45) is 11.1 Å². The van der Waals surface area contributed by atoms with E-state index in [9.17, 15) is 0 Å². The van der Waals surface area contributed by atoms with E-state index in [2.05, 4.69) is 15.1 Å². The van der Waals surface area contributed by atoms with Crippen LogP contribution in [0.25, 0.3) is 22.8 Å². The molecule has 168 valence electrons. The smallest absolute Gasteiger partial charge is 0.269 e. The van der Waals surface area contributed by atoms with Crippen LogP contribution in [0, 0.1) is 5.41 Å². The molecule has 32 heavy (non-hydrogen) atoms. The molecule has 3 aromatic rings. The molecular formula is C21H23Cl2N7O2. The fourth-order valence-electron chi connectivity index (χ4n) is 4.60. The van der Waals surface area contributed by atoms with Crippen LogP contribution in [0.2, 0.25) is 10.0 Å². The Morgan fingerprint density at radius 1 is 1.16 bits per heavy atom. The minimum atomic E-state index is -0.0200. The topological polar surface area (TPSA) is 129 Å². The summed E-state index contributed by atoms with van der Waals surface area (Å²) in [6.45, 7) is 4.18. The second-order valence-corrected chi connectivity index (χ2v) is 9.15. The van der Waals surface area contributed by atoms with Crippen LogP contribution in [-0.4, -0.2) is 52.0 Å². The maximum atomic E-state index is 6.47. The van der Waals surface area contributed by atoms with Gasteiger partial charge in [0.25, 0.3) is 5.89 Å². The van der Waals surface area contributed by atoms with Crippen LogP contribution >= 0.6 is 23.2 Å². The van der Waals surface area contributed by atoms with Gasteiger partial charge in [-0.1, -0.05) is 35.3 Å². The van der Waals surface area contributed by atoms with Crippen molar-refractivity contribution in [1.29, 1.82) is 0 Å². The van der Waals surface area contributed by atoms with Crippen LogP contribution in [0.1, 0.15) is 19.8 Å². The van der Waals surface area contributed by atoms with E-state index in [4.69, 9.17) is 53.8 Å². The van der Waals surface area contributed by atoms with Crippen molar-refractivity contribution in [1.82, 2.24) is 20.2 Å². The number of aromatic nitrogens is 4. The zero-order chi connectivity index (χ0) is 22.5. The summed E-state index contributed by atoms with van der Waals surface area (Å²) < 4.78 is 11.3. The Morgan fingerprint density at radius 3 is 2.59 bits per heavy atom. The average Bonchev–Trinajstić information content (AvgIpc) is 3.42. The third kappa shape index (κ3) is 3.49. The van der Waals surface area contributed by atoms with Crippen LogP contribution in [0.3, 0.4) is 0 Å². The number of nitrogens with zero attached hydrogens (tertiary/aromatic N) is 5. The normalized spacial score (nSPS) is 22.6. The molecule has 2 fully saturated rings. The molecule has 0 saturated carbocycles. The Bertz CT molecular complexity index is 1130. The number of rotatable bonds is 3. The predicted molar refractivity (Wildman–Crippen MR) is 122 cm³/mol. The highest BCUT2D eigenvalue weighted by atomic mass is 35.5. The first-order chi connectivity index (χ1) is 15.4. The van der Waals surface area contributed by atoms with Gasteiger partial charge in [-0.3, -0.25) is 0 Å². The summed E-state index contributed by atoms with van der Waals surface area (Å²) in [5.41, 5.74) is 14.2. The number of anilines is 2. The van der Waals surface area contributed by atoms with E-state index >= 15 is 0 Å².